The van der Waals surface area contributed by atoms with E-state index in [9.17, 15) is 9.59 Å². The molecule has 2 atom stereocenters. The van der Waals surface area contributed by atoms with E-state index in [4.69, 9.17) is 0 Å². The summed E-state index contributed by atoms with van der Waals surface area (Å²) in [5, 5.41) is 0. The molecule has 3 heteroatoms. The van der Waals surface area contributed by atoms with Gasteiger partial charge in [-0.25, -0.2) is 4.79 Å². The SMILES string of the molecule is COC(=O)/C=C/[C@H](C)[C@@H](CC(=O)c1ccccc1)c1ccccc1. The van der Waals surface area contributed by atoms with E-state index in [0.717, 1.165) is 5.56 Å². The maximum atomic E-state index is 12.6. The van der Waals surface area contributed by atoms with Crippen molar-refractivity contribution in [3.63, 3.8) is 0 Å². The van der Waals surface area contributed by atoms with Gasteiger partial charge in [0.05, 0.1) is 7.11 Å². The summed E-state index contributed by atoms with van der Waals surface area (Å²) in [7, 11) is 1.35. The Kier molecular flexibility index (Phi) is 6.50. The zero-order chi connectivity index (χ0) is 17.4. The van der Waals surface area contributed by atoms with E-state index in [1.54, 1.807) is 0 Å². The van der Waals surface area contributed by atoms with E-state index < -0.39 is 0 Å². The van der Waals surface area contributed by atoms with Crippen LogP contribution in [0.15, 0.2) is 72.8 Å². The molecule has 0 aliphatic heterocycles. The molecule has 2 rings (SSSR count). The average molecular weight is 322 g/mol. The normalized spacial score (nSPS) is 13.4. The molecule has 0 aliphatic rings. The van der Waals surface area contributed by atoms with E-state index in [0.29, 0.717) is 12.0 Å². The average Bonchev–Trinajstić information content (AvgIpc) is 2.65. The van der Waals surface area contributed by atoms with Crippen LogP contribution in [0.4, 0.5) is 0 Å². The summed E-state index contributed by atoms with van der Waals surface area (Å²) >= 11 is 0. The van der Waals surface area contributed by atoms with Gasteiger partial charge in [0.25, 0.3) is 0 Å². The number of hydrogen-bond acceptors (Lipinski definition) is 3. The van der Waals surface area contributed by atoms with Crippen LogP contribution in [0.25, 0.3) is 0 Å². The van der Waals surface area contributed by atoms with Crippen LogP contribution >= 0.6 is 0 Å². The molecule has 0 N–H and O–H groups in total. The van der Waals surface area contributed by atoms with Crippen molar-refractivity contribution in [2.45, 2.75) is 19.3 Å². The van der Waals surface area contributed by atoms with Crippen LogP contribution < -0.4 is 0 Å². The van der Waals surface area contributed by atoms with Crippen molar-refractivity contribution < 1.29 is 14.3 Å². The second-order valence-corrected chi connectivity index (χ2v) is 5.75. The van der Waals surface area contributed by atoms with Gasteiger partial charge in [-0.3, -0.25) is 4.79 Å². The van der Waals surface area contributed by atoms with Crippen LogP contribution in [0.2, 0.25) is 0 Å². The molecular formula is C21H22O3. The predicted octanol–water partition coefficient (Wildman–Crippen LogP) is 4.41. The molecule has 0 saturated carbocycles. The Morgan fingerprint density at radius 1 is 1.00 bits per heavy atom. The molecule has 0 amide bonds. The minimum Gasteiger partial charge on any atom is -0.466 e. The van der Waals surface area contributed by atoms with Gasteiger partial charge in [-0.2, -0.15) is 0 Å². The number of methoxy groups -OCH3 is 1. The minimum absolute atomic E-state index is 0.000174. The maximum Gasteiger partial charge on any atom is 0.330 e. The Morgan fingerprint density at radius 2 is 1.58 bits per heavy atom. The smallest absolute Gasteiger partial charge is 0.330 e. The lowest BCUT2D eigenvalue weighted by molar-refractivity contribution is -0.134. The first kappa shape index (κ1) is 17.7. The number of hydrogen-bond donors (Lipinski definition) is 0. The van der Waals surface area contributed by atoms with E-state index >= 15 is 0 Å². The molecule has 3 nitrogen and oxygen atoms in total. The molecule has 0 fully saturated rings. The van der Waals surface area contributed by atoms with Crippen LogP contribution in [0.5, 0.6) is 0 Å². The number of allylic oxidation sites excluding steroid dienone is 1. The van der Waals surface area contributed by atoms with Crippen LogP contribution in [-0.2, 0) is 9.53 Å². The number of rotatable bonds is 7. The van der Waals surface area contributed by atoms with Crippen molar-refractivity contribution in [2.24, 2.45) is 5.92 Å². The summed E-state index contributed by atoms with van der Waals surface area (Å²) in [5.41, 5.74) is 1.80. The number of benzene rings is 2. The highest BCUT2D eigenvalue weighted by atomic mass is 16.5. The van der Waals surface area contributed by atoms with Gasteiger partial charge in [0, 0.05) is 18.1 Å². The number of carbonyl (C=O) groups is 2. The second kappa shape index (κ2) is 8.82. The molecule has 0 aromatic heterocycles. The van der Waals surface area contributed by atoms with Crippen molar-refractivity contribution >= 4 is 11.8 Å². The Balaban J connectivity index is 2.22. The summed E-state index contributed by atoms with van der Waals surface area (Å²) in [6.07, 6.45) is 3.62. The Bertz CT molecular complexity index is 690. The highest BCUT2D eigenvalue weighted by molar-refractivity contribution is 5.96. The van der Waals surface area contributed by atoms with Crippen molar-refractivity contribution in [1.29, 1.82) is 0 Å². The Hall–Kier alpha value is -2.68. The lowest BCUT2D eigenvalue weighted by atomic mass is 9.82. The quantitative estimate of drug-likeness (QED) is 0.431. The number of ketones is 1. The summed E-state index contributed by atoms with van der Waals surface area (Å²) in [4.78, 5) is 24.0. The zero-order valence-corrected chi connectivity index (χ0v) is 14.0. The third kappa shape index (κ3) is 4.92. The minimum atomic E-state index is -0.386. The second-order valence-electron chi connectivity index (χ2n) is 5.75. The van der Waals surface area contributed by atoms with Gasteiger partial charge in [0.1, 0.15) is 0 Å². The van der Waals surface area contributed by atoms with E-state index in [1.165, 1.54) is 13.2 Å². The molecule has 0 saturated heterocycles. The summed E-state index contributed by atoms with van der Waals surface area (Å²) in [6.45, 7) is 2.01. The maximum absolute atomic E-state index is 12.6. The van der Waals surface area contributed by atoms with E-state index in [2.05, 4.69) is 4.74 Å². The highest BCUT2D eigenvalue weighted by Crippen LogP contribution is 2.30. The molecule has 0 spiro atoms. The number of esters is 1. The molecule has 0 radical (unpaired) electrons. The van der Waals surface area contributed by atoms with Crippen molar-refractivity contribution in [3.8, 4) is 0 Å². The molecule has 2 aromatic rings. The Labute approximate surface area is 143 Å². The number of Topliss-reactive ketones (excluding diaryl/α,β-unsaturated/α-hetero) is 1. The van der Waals surface area contributed by atoms with Gasteiger partial charge in [-0.1, -0.05) is 73.7 Å². The van der Waals surface area contributed by atoms with Gasteiger partial charge in [0.2, 0.25) is 0 Å². The van der Waals surface area contributed by atoms with E-state index in [-0.39, 0.29) is 23.6 Å². The first-order valence-electron chi connectivity index (χ1n) is 8.01. The van der Waals surface area contributed by atoms with Crippen LogP contribution in [0, 0.1) is 5.92 Å². The molecule has 24 heavy (non-hydrogen) atoms. The fraction of sp³-hybridized carbons (Fsp3) is 0.238. The third-order valence-corrected chi connectivity index (χ3v) is 4.10. The van der Waals surface area contributed by atoms with Crippen molar-refractivity contribution in [3.05, 3.63) is 83.9 Å². The lowest BCUT2D eigenvalue weighted by Crippen LogP contribution is -2.14. The molecule has 124 valence electrons. The fourth-order valence-corrected chi connectivity index (χ4v) is 2.68. The van der Waals surface area contributed by atoms with Gasteiger partial charge in [-0.15, -0.1) is 0 Å². The first-order valence-corrected chi connectivity index (χ1v) is 8.01. The Morgan fingerprint density at radius 3 is 2.17 bits per heavy atom. The number of ether oxygens (including phenoxy) is 1. The molecule has 0 unspecified atom stereocenters. The summed E-state index contributed by atoms with van der Waals surface area (Å²) < 4.78 is 4.64. The zero-order valence-electron chi connectivity index (χ0n) is 14.0. The van der Waals surface area contributed by atoms with Crippen LogP contribution in [-0.4, -0.2) is 18.9 Å². The lowest BCUT2D eigenvalue weighted by Gasteiger charge is -2.21. The standard InChI is InChI=1S/C21H22O3/c1-16(13-14-21(23)24-2)19(17-9-5-3-6-10-17)15-20(22)18-11-7-4-8-12-18/h3-14,16,19H,15H2,1-2H3/b14-13+/t16-,19+/m0/s1. The molecule has 2 aromatic carbocycles. The van der Waals surface area contributed by atoms with Gasteiger partial charge >= 0.3 is 5.97 Å². The van der Waals surface area contributed by atoms with Crippen molar-refractivity contribution in [1.82, 2.24) is 0 Å². The monoisotopic (exact) mass is 322 g/mol. The fourth-order valence-electron chi connectivity index (χ4n) is 2.68. The largest absolute Gasteiger partial charge is 0.466 e. The van der Waals surface area contributed by atoms with Crippen LogP contribution in [0.1, 0.15) is 35.2 Å². The van der Waals surface area contributed by atoms with Gasteiger partial charge < -0.3 is 4.74 Å². The van der Waals surface area contributed by atoms with E-state index in [1.807, 2.05) is 73.7 Å². The van der Waals surface area contributed by atoms with Crippen molar-refractivity contribution in [2.75, 3.05) is 7.11 Å². The third-order valence-electron chi connectivity index (χ3n) is 4.10. The topological polar surface area (TPSA) is 43.4 Å². The summed E-state index contributed by atoms with van der Waals surface area (Å²) in [5.74, 6) is -0.259. The molecule has 0 heterocycles. The van der Waals surface area contributed by atoms with Gasteiger partial charge in [-0.05, 0) is 17.4 Å². The molecule has 0 bridgehead atoms. The number of carbonyl (C=O) groups excluding carboxylic acids is 2. The van der Waals surface area contributed by atoms with Gasteiger partial charge in [0.15, 0.2) is 5.78 Å². The first-order chi connectivity index (χ1) is 11.6. The molecular weight excluding hydrogens is 300 g/mol. The predicted molar refractivity (Wildman–Crippen MR) is 94.9 cm³/mol. The van der Waals surface area contributed by atoms with Crippen LogP contribution in [0.3, 0.4) is 0 Å². The molecule has 0 aliphatic carbocycles. The summed E-state index contributed by atoms with van der Waals surface area (Å²) in [6, 6.07) is 19.2. The highest BCUT2D eigenvalue weighted by Gasteiger charge is 2.21.